The monoisotopic (exact) mass is 494 g/mol. The van der Waals surface area contributed by atoms with Crippen molar-refractivity contribution in [2.45, 2.75) is 26.3 Å². The van der Waals surface area contributed by atoms with Gasteiger partial charge in [-0.3, -0.25) is 24.4 Å². The Morgan fingerprint density at radius 2 is 1.97 bits per heavy atom. The summed E-state index contributed by atoms with van der Waals surface area (Å²) < 4.78 is 7.26. The number of rotatable bonds is 7. The summed E-state index contributed by atoms with van der Waals surface area (Å²) in [5.74, 6) is 0.0246. The number of pyridine rings is 3. The molecule has 0 saturated carbocycles. The Kier molecular flexibility index (Phi) is 7.46. The maximum absolute atomic E-state index is 13.8. The molecule has 0 N–H and O–H groups in total. The highest BCUT2D eigenvalue weighted by atomic mass is 16.5. The van der Waals surface area contributed by atoms with Crippen LogP contribution in [0.1, 0.15) is 35.4 Å². The lowest BCUT2D eigenvalue weighted by atomic mass is 9.98. The molecular formula is C29H30N6O2. The van der Waals surface area contributed by atoms with Crippen LogP contribution in [0.4, 0.5) is 5.69 Å². The number of aromatic nitrogens is 5. The Morgan fingerprint density at radius 3 is 2.68 bits per heavy atom. The van der Waals surface area contributed by atoms with Crippen LogP contribution in [0.5, 0.6) is 0 Å². The van der Waals surface area contributed by atoms with Gasteiger partial charge in [0.2, 0.25) is 5.91 Å². The minimum Gasteiger partial charge on any atom is -0.381 e. The van der Waals surface area contributed by atoms with Crippen molar-refractivity contribution in [2.75, 3.05) is 18.1 Å². The summed E-state index contributed by atoms with van der Waals surface area (Å²) in [7, 11) is 1.88. The molecule has 0 unspecified atom stereocenters. The molecule has 0 spiro atoms. The summed E-state index contributed by atoms with van der Waals surface area (Å²) in [6.45, 7) is 3.58. The number of hydrogen-bond donors (Lipinski definition) is 0. The molecule has 4 aromatic rings. The second-order valence-corrected chi connectivity index (χ2v) is 9.25. The van der Waals surface area contributed by atoms with Crippen molar-refractivity contribution in [2.24, 2.45) is 13.0 Å². The van der Waals surface area contributed by atoms with Gasteiger partial charge in [-0.25, -0.2) is 0 Å². The molecule has 8 heteroatoms. The number of anilines is 1. The first-order valence-corrected chi connectivity index (χ1v) is 12.5. The largest absolute Gasteiger partial charge is 0.381 e. The molecule has 1 saturated heterocycles. The van der Waals surface area contributed by atoms with Gasteiger partial charge in [0.15, 0.2) is 0 Å². The Balaban J connectivity index is 1.42. The van der Waals surface area contributed by atoms with E-state index >= 15 is 0 Å². The summed E-state index contributed by atoms with van der Waals surface area (Å²) in [6, 6.07) is 13.7. The number of amides is 1. The molecule has 1 amide bonds. The summed E-state index contributed by atoms with van der Waals surface area (Å²) in [5, 5.41) is 4.50. The van der Waals surface area contributed by atoms with Crippen LogP contribution >= 0.6 is 0 Å². The van der Waals surface area contributed by atoms with Gasteiger partial charge in [0.1, 0.15) is 5.69 Å². The summed E-state index contributed by atoms with van der Waals surface area (Å²) >= 11 is 0. The zero-order valence-electron chi connectivity index (χ0n) is 21.1. The van der Waals surface area contributed by atoms with E-state index in [1.807, 2.05) is 85.9 Å². The lowest BCUT2D eigenvalue weighted by Crippen LogP contribution is -2.38. The van der Waals surface area contributed by atoms with Crippen LogP contribution in [0.2, 0.25) is 0 Å². The second kappa shape index (κ2) is 11.3. The first kappa shape index (κ1) is 24.5. The van der Waals surface area contributed by atoms with Crippen molar-refractivity contribution in [3.8, 4) is 11.4 Å². The van der Waals surface area contributed by atoms with Crippen molar-refractivity contribution in [3.05, 3.63) is 89.8 Å². The van der Waals surface area contributed by atoms with Crippen molar-refractivity contribution in [1.29, 1.82) is 0 Å². The minimum absolute atomic E-state index is 0.0739. The van der Waals surface area contributed by atoms with E-state index in [2.05, 4.69) is 20.1 Å². The molecule has 5 heterocycles. The minimum atomic E-state index is -0.0739. The fourth-order valence-electron chi connectivity index (χ4n) is 4.42. The molecule has 0 aliphatic carbocycles. The number of nitrogens with zero attached hydrogens (tertiary/aromatic N) is 6. The van der Waals surface area contributed by atoms with Crippen molar-refractivity contribution >= 4 is 23.7 Å². The molecule has 0 bridgehead atoms. The van der Waals surface area contributed by atoms with E-state index in [9.17, 15) is 4.79 Å². The molecule has 5 rings (SSSR count). The number of hydrogen-bond acceptors (Lipinski definition) is 6. The van der Waals surface area contributed by atoms with Gasteiger partial charge in [0, 0.05) is 62.3 Å². The topological polar surface area (TPSA) is 86.0 Å². The Bertz CT molecular complexity index is 1380. The lowest BCUT2D eigenvalue weighted by molar-refractivity contribution is -0.125. The smallest absolute Gasteiger partial charge is 0.230 e. The van der Waals surface area contributed by atoms with E-state index in [1.165, 1.54) is 0 Å². The van der Waals surface area contributed by atoms with Gasteiger partial charge in [-0.15, -0.1) is 0 Å². The van der Waals surface area contributed by atoms with Gasteiger partial charge in [-0.05, 0) is 67.3 Å². The lowest BCUT2D eigenvalue weighted by Gasteiger charge is -2.30. The molecule has 0 aromatic carbocycles. The van der Waals surface area contributed by atoms with Crippen LogP contribution in [0.3, 0.4) is 0 Å². The molecule has 1 fully saturated rings. The quantitative estimate of drug-likeness (QED) is 0.370. The van der Waals surface area contributed by atoms with Gasteiger partial charge >= 0.3 is 0 Å². The third-order valence-electron chi connectivity index (χ3n) is 6.38. The fraction of sp³-hybridized carbons (Fsp3) is 0.276. The number of carbonyl (C=O) groups is 1. The molecule has 8 nitrogen and oxygen atoms in total. The Labute approximate surface area is 216 Å². The fourth-order valence-corrected chi connectivity index (χ4v) is 4.42. The van der Waals surface area contributed by atoms with E-state index in [0.717, 1.165) is 52.4 Å². The van der Waals surface area contributed by atoms with Crippen LogP contribution in [0.25, 0.3) is 23.5 Å². The second-order valence-electron chi connectivity index (χ2n) is 9.25. The normalized spacial score (nSPS) is 14.2. The van der Waals surface area contributed by atoms with Crippen LogP contribution in [0.15, 0.2) is 67.3 Å². The van der Waals surface area contributed by atoms with Crippen molar-refractivity contribution < 1.29 is 9.53 Å². The summed E-state index contributed by atoms with van der Waals surface area (Å²) in [6.07, 6.45) is 12.7. The Hall–Kier alpha value is -4.17. The Morgan fingerprint density at radius 1 is 1.11 bits per heavy atom. The van der Waals surface area contributed by atoms with E-state index in [1.54, 1.807) is 17.1 Å². The zero-order valence-corrected chi connectivity index (χ0v) is 21.1. The summed E-state index contributed by atoms with van der Waals surface area (Å²) in [4.78, 5) is 29.1. The van der Waals surface area contributed by atoms with E-state index in [0.29, 0.717) is 19.8 Å². The molecule has 37 heavy (non-hydrogen) atoms. The van der Waals surface area contributed by atoms with Gasteiger partial charge in [-0.2, -0.15) is 5.10 Å². The average Bonchev–Trinajstić information content (AvgIpc) is 3.38. The highest BCUT2D eigenvalue weighted by Gasteiger charge is 2.28. The first-order valence-electron chi connectivity index (χ1n) is 12.5. The van der Waals surface area contributed by atoms with Gasteiger partial charge in [0.05, 0.1) is 17.9 Å². The van der Waals surface area contributed by atoms with Crippen LogP contribution in [0, 0.1) is 12.8 Å². The predicted octanol–water partition coefficient (Wildman–Crippen LogP) is 4.71. The molecule has 1 aliphatic rings. The third-order valence-corrected chi connectivity index (χ3v) is 6.38. The van der Waals surface area contributed by atoms with Crippen molar-refractivity contribution in [3.63, 3.8) is 0 Å². The van der Waals surface area contributed by atoms with Crippen LogP contribution < -0.4 is 4.90 Å². The van der Waals surface area contributed by atoms with E-state index in [-0.39, 0.29) is 11.8 Å². The molecule has 1 aliphatic heterocycles. The van der Waals surface area contributed by atoms with Gasteiger partial charge in [0.25, 0.3) is 0 Å². The predicted molar refractivity (Wildman–Crippen MR) is 143 cm³/mol. The SMILES string of the molecule is Cc1cc(N(Cc2ccc(/C=C/c3cccnc3)nc2)C(=O)C2CCOCC2)cc(-c2ccn(C)n2)n1. The number of ether oxygens (including phenoxy) is 1. The zero-order chi connectivity index (χ0) is 25.6. The van der Waals surface area contributed by atoms with Crippen molar-refractivity contribution in [1.82, 2.24) is 24.7 Å². The average molecular weight is 495 g/mol. The van der Waals surface area contributed by atoms with E-state index in [4.69, 9.17) is 4.74 Å². The highest BCUT2D eigenvalue weighted by molar-refractivity contribution is 5.95. The molecule has 0 radical (unpaired) electrons. The van der Waals surface area contributed by atoms with E-state index < -0.39 is 0 Å². The highest BCUT2D eigenvalue weighted by Crippen LogP contribution is 2.28. The van der Waals surface area contributed by atoms with Gasteiger partial charge in [-0.1, -0.05) is 18.2 Å². The number of aryl methyl sites for hydroxylation is 2. The molecule has 4 aromatic heterocycles. The van der Waals surface area contributed by atoms with Crippen LogP contribution in [-0.4, -0.2) is 43.9 Å². The first-order chi connectivity index (χ1) is 18.0. The standard InChI is InChI=1S/C29H30N6O2/c1-21-16-26(17-28(32-21)27-9-13-34(2)33-27)35(29(36)24-10-14-37-15-11-24)20-23-6-8-25(31-19-23)7-5-22-4-3-12-30-18-22/h3-9,12-13,16-19,24H,10-11,14-15,20H2,1-2H3/b7-5+. The number of carbonyl (C=O) groups excluding carboxylic acids is 1. The maximum atomic E-state index is 13.8. The summed E-state index contributed by atoms with van der Waals surface area (Å²) in [5.41, 5.74) is 5.96. The molecule has 0 atom stereocenters. The maximum Gasteiger partial charge on any atom is 0.230 e. The molecule has 188 valence electrons. The molecular weight excluding hydrogens is 464 g/mol. The van der Waals surface area contributed by atoms with Gasteiger partial charge < -0.3 is 9.64 Å². The third kappa shape index (κ3) is 6.16. The van der Waals surface area contributed by atoms with Crippen LogP contribution in [-0.2, 0) is 23.1 Å².